The van der Waals surface area contributed by atoms with Crippen molar-refractivity contribution in [2.45, 2.75) is 58.3 Å². The minimum Gasteiger partial charge on any atom is -0.508 e. The van der Waals surface area contributed by atoms with Gasteiger partial charge in [-0.15, -0.1) is 0 Å². The highest BCUT2D eigenvalue weighted by Gasteiger charge is 2.19. The fourth-order valence-corrected chi connectivity index (χ4v) is 2.55. The zero-order chi connectivity index (χ0) is 15.1. The molecule has 0 aromatic heterocycles. The van der Waals surface area contributed by atoms with E-state index in [9.17, 15) is 9.90 Å². The summed E-state index contributed by atoms with van der Waals surface area (Å²) in [5, 5.41) is 9.68. The SMILES string of the molecule is CCCCCCCC(=O)Oc1cc(O)cc2c1CCCO2. The maximum atomic E-state index is 11.9. The summed E-state index contributed by atoms with van der Waals surface area (Å²) >= 11 is 0. The Kier molecular flexibility index (Phi) is 5.90. The number of fused-ring (bicyclic) bond motifs is 1. The predicted octanol–water partition coefficient (Wildman–Crippen LogP) is 3.98. The van der Waals surface area contributed by atoms with E-state index in [2.05, 4.69) is 6.92 Å². The molecule has 0 saturated carbocycles. The Hall–Kier alpha value is -1.71. The van der Waals surface area contributed by atoms with Crippen molar-refractivity contribution >= 4 is 5.97 Å². The van der Waals surface area contributed by atoms with Crippen molar-refractivity contribution in [3.8, 4) is 17.2 Å². The molecule has 1 N–H and O–H groups in total. The lowest BCUT2D eigenvalue weighted by atomic mass is 10.0. The van der Waals surface area contributed by atoms with Gasteiger partial charge in [0.15, 0.2) is 0 Å². The quantitative estimate of drug-likeness (QED) is 0.469. The van der Waals surface area contributed by atoms with Crippen LogP contribution in [0.1, 0.15) is 57.4 Å². The summed E-state index contributed by atoms with van der Waals surface area (Å²) in [6.45, 7) is 2.81. The van der Waals surface area contributed by atoms with E-state index >= 15 is 0 Å². The van der Waals surface area contributed by atoms with Gasteiger partial charge in [-0.05, 0) is 19.3 Å². The van der Waals surface area contributed by atoms with Crippen molar-refractivity contribution in [3.05, 3.63) is 17.7 Å². The molecule has 21 heavy (non-hydrogen) atoms. The number of rotatable bonds is 7. The molecule has 0 radical (unpaired) electrons. The van der Waals surface area contributed by atoms with E-state index in [1.807, 2.05) is 0 Å². The second kappa shape index (κ2) is 7.91. The molecule has 1 heterocycles. The fourth-order valence-electron chi connectivity index (χ4n) is 2.55. The molecule has 2 rings (SSSR count). The monoisotopic (exact) mass is 292 g/mol. The highest BCUT2D eigenvalue weighted by Crippen LogP contribution is 2.37. The number of hydrogen-bond acceptors (Lipinski definition) is 4. The van der Waals surface area contributed by atoms with Crippen LogP contribution in [-0.2, 0) is 11.2 Å². The molecule has 0 fully saturated rings. The maximum absolute atomic E-state index is 11.9. The molecular formula is C17H24O4. The largest absolute Gasteiger partial charge is 0.508 e. The third-order valence-electron chi connectivity index (χ3n) is 3.69. The Morgan fingerprint density at radius 1 is 1.29 bits per heavy atom. The molecule has 0 amide bonds. The van der Waals surface area contributed by atoms with Crippen LogP contribution in [-0.4, -0.2) is 17.7 Å². The van der Waals surface area contributed by atoms with Crippen molar-refractivity contribution < 1.29 is 19.4 Å². The second-order valence-corrected chi connectivity index (χ2v) is 5.51. The highest BCUT2D eigenvalue weighted by molar-refractivity contribution is 5.73. The normalized spacial score (nSPS) is 13.4. The van der Waals surface area contributed by atoms with E-state index < -0.39 is 0 Å². The molecular weight excluding hydrogens is 268 g/mol. The van der Waals surface area contributed by atoms with Gasteiger partial charge in [0.2, 0.25) is 0 Å². The highest BCUT2D eigenvalue weighted by atomic mass is 16.5. The Morgan fingerprint density at radius 3 is 2.90 bits per heavy atom. The molecule has 0 saturated heterocycles. The summed E-state index contributed by atoms with van der Waals surface area (Å²) in [4.78, 5) is 11.9. The summed E-state index contributed by atoms with van der Waals surface area (Å²) in [5.41, 5.74) is 0.887. The Morgan fingerprint density at radius 2 is 2.10 bits per heavy atom. The molecule has 1 aromatic carbocycles. The average molecular weight is 292 g/mol. The number of unbranched alkanes of at least 4 members (excludes halogenated alkanes) is 4. The van der Waals surface area contributed by atoms with E-state index in [0.29, 0.717) is 24.5 Å². The number of phenolic OH excluding ortho intramolecular Hbond substituents is 1. The van der Waals surface area contributed by atoms with Gasteiger partial charge in [-0.1, -0.05) is 32.6 Å². The third-order valence-corrected chi connectivity index (χ3v) is 3.69. The Bertz CT molecular complexity index is 482. The lowest BCUT2D eigenvalue weighted by Gasteiger charge is -2.20. The summed E-state index contributed by atoms with van der Waals surface area (Å²) < 4.78 is 10.9. The van der Waals surface area contributed by atoms with Crippen LogP contribution in [0.25, 0.3) is 0 Å². The summed E-state index contributed by atoms with van der Waals surface area (Å²) in [5.74, 6) is 0.918. The molecule has 0 atom stereocenters. The fraction of sp³-hybridized carbons (Fsp3) is 0.588. The van der Waals surface area contributed by atoms with E-state index in [4.69, 9.17) is 9.47 Å². The minimum absolute atomic E-state index is 0.0707. The molecule has 1 aromatic rings. The summed E-state index contributed by atoms with van der Waals surface area (Å²) in [6, 6.07) is 3.08. The molecule has 0 unspecified atom stereocenters. The van der Waals surface area contributed by atoms with Gasteiger partial charge in [-0.25, -0.2) is 0 Å². The number of hydrogen-bond donors (Lipinski definition) is 1. The van der Waals surface area contributed by atoms with E-state index in [1.165, 1.54) is 25.3 Å². The number of benzene rings is 1. The average Bonchev–Trinajstić information content (AvgIpc) is 2.47. The van der Waals surface area contributed by atoms with E-state index in [1.54, 1.807) is 6.07 Å². The van der Waals surface area contributed by atoms with Gasteiger partial charge in [-0.3, -0.25) is 4.79 Å². The van der Waals surface area contributed by atoms with Crippen LogP contribution in [0.5, 0.6) is 17.2 Å². The molecule has 0 bridgehead atoms. The molecule has 116 valence electrons. The van der Waals surface area contributed by atoms with Crippen LogP contribution >= 0.6 is 0 Å². The van der Waals surface area contributed by atoms with Crippen LogP contribution in [0.4, 0.5) is 0 Å². The first-order chi connectivity index (χ1) is 10.2. The second-order valence-electron chi connectivity index (χ2n) is 5.51. The predicted molar refractivity (Wildman–Crippen MR) is 80.9 cm³/mol. The Labute approximate surface area is 126 Å². The number of aromatic hydroxyl groups is 1. The molecule has 4 nitrogen and oxygen atoms in total. The van der Waals surface area contributed by atoms with Gasteiger partial charge in [-0.2, -0.15) is 0 Å². The van der Waals surface area contributed by atoms with Gasteiger partial charge in [0.05, 0.1) is 6.61 Å². The lowest BCUT2D eigenvalue weighted by molar-refractivity contribution is -0.134. The van der Waals surface area contributed by atoms with Gasteiger partial charge in [0.1, 0.15) is 17.2 Å². The molecule has 1 aliphatic heterocycles. The van der Waals surface area contributed by atoms with Crippen molar-refractivity contribution in [3.63, 3.8) is 0 Å². The van der Waals surface area contributed by atoms with Crippen LogP contribution in [0, 0.1) is 0 Å². The van der Waals surface area contributed by atoms with E-state index in [0.717, 1.165) is 31.2 Å². The minimum atomic E-state index is -0.232. The zero-order valence-electron chi connectivity index (χ0n) is 12.7. The van der Waals surface area contributed by atoms with Crippen LogP contribution in [0.15, 0.2) is 12.1 Å². The summed E-state index contributed by atoms with van der Waals surface area (Å²) in [6.07, 6.45) is 7.63. The number of ether oxygens (including phenoxy) is 2. The van der Waals surface area contributed by atoms with Gasteiger partial charge in [0.25, 0.3) is 0 Å². The lowest BCUT2D eigenvalue weighted by Crippen LogP contribution is -2.13. The van der Waals surface area contributed by atoms with Gasteiger partial charge >= 0.3 is 5.97 Å². The zero-order valence-corrected chi connectivity index (χ0v) is 12.7. The summed E-state index contributed by atoms with van der Waals surface area (Å²) in [7, 11) is 0. The number of esters is 1. The van der Waals surface area contributed by atoms with Crippen molar-refractivity contribution in [2.75, 3.05) is 6.61 Å². The number of carbonyl (C=O) groups excluding carboxylic acids is 1. The molecule has 1 aliphatic rings. The Balaban J connectivity index is 1.90. The first kappa shape index (κ1) is 15.7. The molecule has 0 aliphatic carbocycles. The number of phenols is 1. The third kappa shape index (κ3) is 4.66. The molecule has 4 heteroatoms. The smallest absolute Gasteiger partial charge is 0.311 e. The van der Waals surface area contributed by atoms with E-state index in [-0.39, 0.29) is 11.7 Å². The standard InChI is InChI=1S/C17H24O4/c1-2-3-4-5-6-9-17(19)21-16-12-13(18)11-15-14(16)8-7-10-20-15/h11-12,18H,2-10H2,1H3. The van der Waals surface area contributed by atoms with Crippen LogP contribution in [0.3, 0.4) is 0 Å². The van der Waals surface area contributed by atoms with Crippen molar-refractivity contribution in [2.24, 2.45) is 0 Å². The van der Waals surface area contributed by atoms with Crippen LogP contribution in [0.2, 0.25) is 0 Å². The molecule has 0 spiro atoms. The van der Waals surface area contributed by atoms with Gasteiger partial charge < -0.3 is 14.6 Å². The van der Waals surface area contributed by atoms with Crippen molar-refractivity contribution in [1.29, 1.82) is 0 Å². The first-order valence-electron chi connectivity index (χ1n) is 7.90. The first-order valence-corrected chi connectivity index (χ1v) is 7.90. The number of carbonyl (C=O) groups is 1. The van der Waals surface area contributed by atoms with Crippen LogP contribution < -0.4 is 9.47 Å². The van der Waals surface area contributed by atoms with Gasteiger partial charge in [0, 0.05) is 24.1 Å². The topological polar surface area (TPSA) is 55.8 Å². The maximum Gasteiger partial charge on any atom is 0.311 e. The van der Waals surface area contributed by atoms with Crippen molar-refractivity contribution in [1.82, 2.24) is 0 Å².